The number of aromatic nitrogens is 4. The second-order valence-corrected chi connectivity index (χ2v) is 13.2. The molecule has 13 heteroatoms. The normalized spacial score (nSPS) is 14.0. The average Bonchev–Trinajstić information content (AvgIpc) is 3.62. The Kier molecular flexibility index (Phi) is 9.10. The SMILES string of the molecule is COC(=O)c1ccc(F)c(CNC(=O)Cn2nc(C3CCN(C(=O)OC(C)(C)C)CC3)c3c(-c4cc5c(cnn5C)cc4F)cccc32)c1. The maximum atomic E-state index is 15.8. The van der Waals surface area contributed by atoms with Crippen LogP contribution in [-0.4, -0.2) is 68.2 Å². The first-order chi connectivity index (χ1) is 23.3. The van der Waals surface area contributed by atoms with Crippen LogP contribution in [0.4, 0.5) is 13.6 Å². The number of amides is 2. The van der Waals surface area contributed by atoms with Gasteiger partial charge < -0.3 is 19.7 Å². The first kappa shape index (κ1) is 33.6. The molecule has 1 N–H and O–H groups in total. The highest BCUT2D eigenvalue weighted by Crippen LogP contribution is 2.40. The number of nitrogens with one attached hydrogen (secondary N) is 1. The molecule has 0 aliphatic carbocycles. The molecule has 0 radical (unpaired) electrons. The van der Waals surface area contributed by atoms with Crippen molar-refractivity contribution in [1.29, 1.82) is 0 Å². The van der Waals surface area contributed by atoms with Crippen LogP contribution >= 0.6 is 0 Å². The summed E-state index contributed by atoms with van der Waals surface area (Å²) in [5, 5.41) is 13.3. The molecule has 11 nitrogen and oxygen atoms in total. The van der Waals surface area contributed by atoms with Gasteiger partial charge in [0, 0.05) is 54.5 Å². The van der Waals surface area contributed by atoms with Crippen LogP contribution in [0.2, 0.25) is 0 Å². The molecule has 1 saturated heterocycles. The lowest BCUT2D eigenvalue weighted by atomic mass is 9.89. The molecular weight excluding hydrogens is 634 g/mol. The molecule has 256 valence electrons. The van der Waals surface area contributed by atoms with E-state index in [1.807, 2.05) is 32.9 Å². The number of carbonyl (C=O) groups is 3. The zero-order chi connectivity index (χ0) is 35.0. The number of benzene rings is 3. The Morgan fingerprint density at radius 1 is 0.980 bits per heavy atom. The van der Waals surface area contributed by atoms with E-state index in [1.165, 1.54) is 25.3 Å². The van der Waals surface area contributed by atoms with Crippen LogP contribution in [0, 0.1) is 11.6 Å². The number of aryl methyl sites for hydroxylation is 1. The van der Waals surface area contributed by atoms with Crippen molar-refractivity contribution in [1.82, 2.24) is 29.8 Å². The topological polar surface area (TPSA) is 121 Å². The number of ether oxygens (including phenoxy) is 2. The number of methoxy groups -OCH3 is 1. The number of nitrogens with zero attached hydrogens (tertiary/aromatic N) is 5. The van der Waals surface area contributed by atoms with Crippen LogP contribution < -0.4 is 5.32 Å². The molecular formula is C36H38F2N6O5. The lowest BCUT2D eigenvalue weighted by molar-refractivity contribution is -0.121. The second-order valence-electron chi connectivity index (χ2n) is 13.2. The van der Waals surface area contributed by atoms with E-state index in [9.17, 15) is 18.8 Å². The Balaban J connectivity index is 1.33. The summed E-state index contributed by atoms with van der Waals surface area (Å²) in [6.07, 6.45) is 2.41. The fourth-order valence-corrected chi connectivity index (χ4v) is 6.27. The van der Waals surface area contributed by atoms with Crippen LogP contribution in [-0.2, 0) is 34.4 Å². The van der Waals surface area contributed by atoms with E-state index < -0.39 is 29.1 Å². The van der Waals surface area contributed by atoms with Gasteiger partial charge in [-0.3, -0.25) is 14.2 Å². The van der Waals surface area contributed by atoms with Crippen molar-refractivity contribution in [2.24, 2.45) is 7.05 Å². The monoisotopic (exact) mass is 672 g/mol. The molecule has 2 aromatic heterocycles. The van der Waals surface area contributed by atoms with Crippen molar-refractivity contribution < 1.29 is 32.6 Å². The summed E-state index contributed by atoms with van der Waals surface area (Å²) in [4.78, 5) is 39.7. The minimum Gasteiger partial charge on any atom is -0.465 e. The summed E-state index contributed by atoms with van der Waals surface area (Å²) in [6, 6.07) is 12.5. The van der Waals surface area contributed by atoms with Crippen molar-refractivity contribution >= 4 is 39.8 Å². The summed E-state index contributed by atoms with van der Waals surface area (Å²) < 4.78 is 43.9. The highest BCUT2D eigenvalue weighted by molar-refractivity contribution is 6.00. The fourth-order valence-electron chi connectivity index (χ4n) is 6.27. The molecule has 49 heavy (non-hydrogen) atoms. The number of hydrogen-bond donors (Lipinski definition) is 1. The number of hydrogen-bond acceptors (Lipinski definition) is 7. The van der Waals surface area contributed by atoms with E-state index in [1.54, 1.807) is 39.6 Å². The maximum Gasteiger partial charge on any atom is 0.410 e. The van der Waals surface area contributed by atoms with Crippen molar-refractivity contribution in [3.05, 3.63) is 83.2 Å². The standard InChI is InChI=1S/C36H38F2N6O5/c1-36(2,3)49-35(47)43-13-11-21(12-14-43)33-32-25(26-17-30-24(16-28(26)38)19-40-42(30)4)7-6-8-29(32)44(41-33)20-31(45)39-18-23-15-22(34(46)48-5)9-10-27(23)37/h6-10,15-17,19,21H,11-14,18,20H2,1-5H3,(H,39,45). The van der Waals surface area contributed by atoms with Gasteiger partial charge in [0.1, 0.15) is 23.8 Å². The summed E-state index contributed by atoms with van der Waals surface area (Å²) in [6.45, 7) is 6.01. The number of rotatable bonds is 7. The van der Waals surface area contributed by atoms with Crippen molar-refractivity contribution in [2.75, 3.05) is 20.2 Å². The number of fused-ring (bicyclic) bond motifs is 2. The Bertz CT molecular complexity index is 2070. The lowest BCUT2D eigenvalue weighted by Gasteiger charge is -2.33. The van der Waals surface area contributed by atoms with E-state index in [0.717, 1.165) is 11.6 Å². The van der Waals surface area contributed by atoms with Crippen LogP contribution in [0.5, 0.6) is 0 Å². The highest BCUT2D eigenvalue weighted by atomic mass is 19.1. The fraction of sp³-hybridized carbons (Fsp3) is 0.361. The van der Waals surface area contributed by atoms with E-state index in [2.05, 4.69) is 10.4 Å². The quantitative estimate of drug-likeness (QED) is 0.208. The van der Waals surface area contributed by atoms with Gasteiger partial charge in [-0.1, -0.05) is 12.1 Å². The Labute approximate surface area is 281 Å². The molecule has 2 amide bonds. The van der Waals surface area contributed by atoms with Crippen molar-refractivity contribution in [3.8, 4) is 11.1 Å². The summed E-state index contributed by atoms with van der Waals surface area (Å²) >= 11 is 0. The predicted octanol–water partition coefficient (Wildman–Crippen LogP) is 6.09. The number of likely N-dealkylation sites (tertiary alicyclic amines) is 1. The van der Waals surface area contributed by atoms with Crippen molar-refractivity contribution in [3.63, 3.8) is 0 Å². The van der Waals surface area contributed by atoms with Crippen molar-refractivity contribution in [2.45, 2.75) is 58.2 Å². The second kappa shape index (κ2) is 13.3. The van der Waals surface area contributed by atoms with Gasteiger partial charge in [0.25, 0.3) is 0 Å². The number of esters is 1. The van der Waals surface area contributed by atoms with Gasteiger partial charge in [0.2, 0.25) is 5.91 Å². The first-order valence-electron chi connectivity index (χ1n) is 16.1. The predicted molar refractivity (Wildman–Crippen MR) is 179 cm³/mol. The largest absolute Gasteiger partial charge is 0.465 e. The number of carbonyl (C=O) groups excluding carboxylic acids is 3. The van der Waals surface area contributed by atoms with Gasteiger partial charge in [-0.05, 0) is 75.6 Å². The van der Waals surface area contributed by atoms with Gasteiger partial charge in [-0.25, -0.2) is 18.4 Å². The molecule has 6 rings (SSSR count). The summed E-state index contributed by atoms with van der Waals surface area (Å²) in [5.41, 5.74) is 2.75. The minimum atomic E-state index is -0.618. The smallest absolute Gasteiger partial charge is 0.410 e. The Morgan fingerprint density at radius 2 is 1.73 bits per heavy atom. The van der Waals surface area contributed by atoms with E-state index in [-0.39, 0.29) is 36.2 Å². The Hall–Kier alpha value is -5.33. The third-order valence-corrected chi connectivity index (χ3v) is 8.70. The zero-order valence-corrected chi connectivity index (χ0v) is 28.0. The minimum absolute atomic E-state index is 0.0923. The highest BCUT2D eigenvalue weighted by Gasteiger charge is 2.31. The van der Waals surface area contributed by atoms with E-state index in [0.29, 0.717) is 59.0 Å². The molecule has 5 aromatic rings. The maximum absolute atomic E-state index is 15.8. The molecule has 0 bridgehead atoms. The van der Waals surface area contributed by atoms with Crippen LogP contribution in [0.15, 0.2) is 54.7 Å². The molecule has 0 atom stereocenters. The average molecular weight is 673 g/mol. The molecule has 0 unspecified atom stereocenters. The third kappa shape index (κ3) is 6.96. The summed E-state index contributed by atoms with van der Waals surface area (Å²) in [7, 11) is 3.03. The van der Waals surface area contributed by atoms with Crippen LogP contribution in [0.3, 0.4) is 0 Å². The third-order valence-electron chi connectivity index (χ3n) is 8.70. The number of piperidine rings is 1. The van der Waals surface area contributed by atoms with Crippen LogP contribution in [0.1, 0.15) is 61.1 Å². The molecule has 1 fully saturated rings. The van der Waals surface area contributed by atoms with Gasteiger partial charge in [0.15, 0.2) is 0 Å². The molecule has 1 aliphatic heterocycles. The lowest BCUT2D eigenvalue weighted by Crippen LogP contribution is -2.41. The van der Waals surface area contributed by atoms with Gasteiger partial charge >= 0.3 is 12.1 Å². The van der Waals surface area contributed by atoms with Gasteiger partial charge in [-0.15, -0.1) is 0 Å². The molecule has 0 spiro atoms. The molecule has 0 saturated carbocycles. The van der Waals surface area contributed by atoms with Gasteiger partial charge in [0.05, 0.1) is 35.6 Å². The molecule has 3 aromatic carbocycles. The Morgan fingerprint density at radius 3 is 2.45 bits per heavy atom. The van der Waals surface area contributed by atoms with E-state index >= 15 is 4.39 Å². The van der Waals surface area contributed by atoms with Crippen LogP contribution in [0.25, 0.3) is 32.9 Å². The first-order valence-corrected chi connectivity index (χ1v) is 16.1. The van der Waals surface area contributed by atoms with Gasteiger partial charge in [-0.2, -0.15) is 10.2 Å². The zero-order valence-electron chi connectivity index (χ0n) is 28.0. The molecule has 1 aliphatic rings. The van der Waals surface area contributed by atoms with E-state index in [4.69, 9.17) is 14.6 Å². The molecule has 3 heterocycles. The number of halogens is 2. The summed E-state index contributed by atoms with van der Waals surface area (Å²) in [5.74, 6) is -2.14.